The van der Waals surface area contributed by atoms with Gasteiger partial charge >= 0.3 is 6.18 Å². The summed E-state index contributed by atoms with van der Waals surface area (Å²) in [5, 5.41) is 0. The Morgan fingerprint density at radius 1 is 1.05 bits per heavy atom. The topological polar surface area (TPSA) is 29.3 Å². The van der Waals surface area contributed by atoms with E-state index in [2.05, 4.69) is 6.07 Å². The van der Waals surface area contributed by atoms with Gasteiger partial charge < -0.3 is 5.73 Å². The van der Waals surface area contributed by atoms with E-state index < -0.39 is 11.7 Å². The van der Waals surface area contributed by atoms with Crippen molar-refractivity contribution in [1.29, 1.82) is 0 Å². The fourth-order valence-electron chi connectivity index (χ4n) is 2.93. The highest BCUT2D eigenvalue weighted by Crippen LogP contribution is 2.34. The maximum atomic E-state index is 13.1. The van der Waals surface area contributed by atoms with Crippen LogP contribution >= 0.6 is 0 Å². The molecule has 2 aromatic carbocycles. The maximum Gasteiger partial charge on any atom is 0.416 e. The van der Waals surface area contributed by atoms with Crippen LogP contribution in [0, 0.1) is 0 Å². The fourth-order valence-corrected chi connectivity index (χ4v) is 2.93. The van der Waals surface area contributed by atoms with Crippen LogP contribution in [0.3, 0.4) is 0 Å². The molecule has 1 heterocycles. The number of hydrogen-bond acceptors (Lipinski definition) is 2. The smallest absolute Gasteiger partial charge is 0.399 e. The van der Waals surface area contributed by atoms with E-state index in [4.69, 9.17) is 5.73 Å². The molecule has 3 rings (SSSR count). The number of nitrogens with zero attached hydrogens (tertiary/aromatic N) is 1. The third kappa shape index (κ3) is 3.09. The zero-order chi connectivity index (χ0) is 15.7. The van der Waals surface area contributed by atoms with E-state index in [-0.39, 0.29) is 17.8 Å². The molecule has 22 heavy (non-hydrogen) atoms. The van der Waals surface area contributed by atoms with Gasteiger partial charge in [-0.15, -0.1) is 0 Å². The number of alkyl halides is 3. The van der Waals surface area contributed by atoms with Gasteiger partial charge in [-0.2, -0.15) is 13.2 Å². The fraction of sp³-hybridized carbons (Fsp3) is 0.294. The molecule has 0 bridgehead atoms. The van der Waals surface area contributed by atoms with Crippen LogP contribution in [0.4, 0.5) is 18.9 Å². The molecule has 0 spiro atoms. The highest BCUT2D eigenvalue weighted by molar-refractivity contribution is 5.46. The molecular weight excluding hydrogens is 289 g/mol. The molecule has 0 radical (unpaired) electrons. The van der Waals surface area contributed by atoms with Crippen molar-refractivity contribution < 1.29 is 13.2 Å². The van der Waals surface area contributed by atoms with Crippen molar-refractivity contribution in [2.45, 2.75) is 25.7 Å². The van der Waals surface area contributed by atoms with E-state index in [9.17, 15) is 13.2 Å². The number of benzene rings is 2. The molecule has 0 atom stereocenters. The van der Waals surface area contributed by atoms with Crippen LogP contribution < -0.4 is 5.73 Å². The summed E-state index contributed by atoms with van der Waals surface area (Å²) in [5.74, 6) is 0. The largest absolute Gasteiger partial charge is 0.416 e. The quantitative estimate of drug-likeness (QED) is 0.854. The Hall–Kier alpha value is -2.01. The highest BCUT2D eigenvalue weighted by atomic mass is 19.4. The second-order valence-electron chi connectivity index (χ2n) is 5.64. The van der Waals surface area contributed by atoms with E-state index in [0.29, 0.717) is 6.54 Å². The predicted octanol–water partition coefficient (Wildman–Crippen LogP) is 3.85. The summed E-state index contributed by atoms with van der Waals surface area (Å²) in [5.41, 5.74) is 7.77. The van der Waals surface area contributed by atoms with Gasteiger partial charge in [-0.25, -0.2) is 0 Å². The molecule has 1 aliphatic heterocycles. The zero-order valence-electron chi connectivity index (χ0n) is 12.0. The minimum Gasteiger partial charge on any atom is -0.399 e. The van der Waals surface area contributed by atoms with E-state index in [1.807, 2.05) is 23.1 Å². The second kappa shape index (κ2) is 5.65. The predicted molar refractivity (Wildman–Crippen MR) is 80.1 cm³/mol. The minimum absolute atomic E-state index is 0.139. The summed E-state index contributed by atoms with van der Waals surface area (Å²) in [6, 6.07) is 12.1. The number of anilines is 1. The molecular formula is C17H17F3N2. The SMILES string of the molecule is Nc1ccc(CN2CCc3ccccc3C2)c(C(F)(F)F)c1. The molecule has 0 fully saturated rings. The summed E-state index contributed by atoms with van der Waals surface area (Å²) < 4.78 is 39.4. The first-order valence-electron chi connectivity index (χ1n) is 7.18. The first-order valence-corrected chi connectivity index (χ1v) is 7.18. The van der Waals surface area contributed by atoms with Crippen LogP contribution in [0.1, 0.15) is 22.3 Å². The van der Waals surface area contributed by atoms with Gasteiger partial charge in [0.2, 0.25) is 0 Å². The minimum atomic E-state index is -4.38. The molecule has 116 valence electrons. The molecule has 2 N–H and O–H groups in total. The Kier molecular flexibility index (Phi) is 3.83. The lowest BCUT2D eigenvalue weighted by atomic mass is 9.98. The molecule has 2 aromatic rings. The molecule has 1 aliphatic rings. The third-order valence-corrected chi connectivity index (χ3v) is 4.04. The molecule has 2 nitrogen and oxygen atoms in total. The van der Waals surface area contributed by atoms with Crippen LogP contribution in [-0.2, 0) is 25.7 Å². The lowest BCUT2D eigenvalue weighted by molar-refractivity contribution is -0.138. The van der Waals surface area contributed by atoms with Crippen LogP contribution in [0.2, 0.25) is 0 Å². The van der Waals surface area contributed by atoms with Gasteiger partial charge in [-0.05, 0) is 35.2 Å². The van der Waals surface area contributed by atoms with Gasteiger partial charge in [0, 0.05) is 25.3 Å². The monoisotopic (exact) mass is 306 g/mol. The van der Waals surface area contributed by atoms with Crippen LogP contribution in [-0.4, -0.2) is 11.4 Å². The third-order valence-electron chi connectivity index (χ3n) is 4.04. The zero-order valence-corrected chi connectivity index (χ0v) is 12.0. The highest BCUT2D eigenvalue weighted by Gasteiger charge is 2.34. The Labute approximate surface area is 127 Å². The van der Waals surface area contributed by atoms with Gasteiger partial charge in [0.15, 0.2) is 0 Å². The van der Waals surface area contributed by atoms with E-state index in [1.54, 1.807) is 0 Å². The number of fused-ring (bicyclic) bond motifs is 1. The van der Waals surface area contributed by atoms with E-state index in [1.165, 1.54) is 23.3 Å². The Morgan fingerprint density at radius 2 is 1.77 bits per heavy atom. The van der Waals surface area contributed by atoms with Crippen molar-refractivity contribution in [3.8, 4) is 0 Å². The lowest BCUT2D eigenvalue weighted by Crippen LogP contribution is -2.30. The molecule has 5 heteroatoms. The summed E-state index contributed by atoms with van der Waals surface area (Å²) in [7, 11) is 0. The van der Waals surface area contributed by atoms with Crippen LogP contribution in [0.15, 0.2) is 42.5 Å². The Bertz CT molecular complexity index is 680. The normalized spacial score (nSPS) is 15.6. The van der Waals surface area contributed by atoms with Gasteiger partial charge in [-0.1, -0.05) is 30.3 Å². The van der Waals surface area contributed by atoms with Crippen molar-refractivity contribution in [3.05, 3.63) is 64.7 Å². The van der Waals surface area contributed by atoms with Crippen molar-refractivity contribution in [2.24, 2.45) is 0 Å². The summed E-state index contributed by atoms with van der Waals surface area (Å²) in [4.78, 5) is 2.04. The maximum absolute atomic E-state index is 13.1. The number of rotatable bonds is 2. The van der Waals surface area contributed by atoms with Crippen molar-refractivity contribution in [3.63, 3.8) is 0 Å². The van der Waals surface area contributed by atoms with Crippen molar-refractivity contribution in [1.82, 2.24) is 4.90 Å². The van der Waals surface area contributed by atoms with Gasteiger partial charge in [0.1, 0.15) is 0 Å². The van der Waals surface area contributed by atoms with Gasteiger partial charge in [0.05, 0.1) is 5.56 Å². The number of hydrogen-bond donors (Lipinski definition) is 1. The number of nitrogens with two attached hydrogens (primary N) is 1. The number of halogens is 3. The summed E-state index contributed by atoms with van der Waals surface area (Å²) >= 11 is 0. The molecule has 0 saturated carbocycles. The molecule has 0 unspecified atom stereocenters. The van der Waals surface area contributed by atoms with Crippen LogP contribution in [0.25, 0.3) is 0 Å². The van der Waals surface area contributed by atoms with E-state index in [0.717, 1.165) is 19.0 Å². The van der Waals surface area contributed by atoms with Gasteiger partial charge in [0.25, 0.3) is 0 Å². The first-order chi connectivity index (χ1) is 10.4. The van der Waals surface area contributed by atoms with Gasteiger partial charge in [-0.3, -0.25) is 4.90 Å². The number of nitrogen functional groups attached to an aromatic ring is 1. The lowest BCUT2D eigenvalue weighted by Gasteiger charge is -2.29. The van der Waals surface area contributed by atoms with Crippen molar-refractivity contribution in [2.75, 3.05) is 12.3 Å². The Balaban J connectivity index is 1.83. The molecule has 0 amide bonds. The standard InChI is InChI=1S/C17H17F3N2/c18-17(19,20)16-9-15(21)6-5-14(16)11-22-8-7-12-3-1-2-4-13(12)10-22/h1-6,9H,7-8,10-11,21H2. The first kappa shape index (κ1) is 14.9. The van der Waals surface area contributed by atoms with E-state index >= 15 is 0 Å². The molecule has 0 saturated heterocycles. The second-order valence-corrected chi connectivity index (χ2v) is 5.64. The van der Waals surface area contributed by atoms with Crippen LogP contribution in [0.5, 0.6) is 0 Å². The summed E-state index contributed by atoms with van der Waals surface area (Å²) in [6.07, 6.45) is -3.51. The Morgan fingerprint density at radius 3 is 2.50 bits per heavy atom. The molecule has 0 aromatic heterocycles. The average Bonchev–Trinajstić information content (AvgIpc) is 2.48. The molecule has 0 aliphatic carbocycles. The average molecular weight is 306 g/mol. The summed E-state index contributed by atoms with van der Waals surface area (Å²) in [6.45, 7) is 1.72. The van der Waals surface area contributed by atoms with Crippen molar-refractivity contribution >= 4 is 5.69 Å².